The summed E-state index contributed by atoms with van der Waals surface area (Å²) in [4.78, 5) is 2.30. The molecule has 3 heteroatoms. The largest absolute Gasteiger partial charge is 0.350 e. The number of ether oxygens (including phenoxy) is 2. The number of hydrogen-bond donors (Lipinski definition) is 0. The molecule has 1 aliphatic heterocycles. The Morgan fingerprint density at radius 2 is 1.82 bits per heavy atom. The summed E-state index contributed by atoms with van der Waals surface area (Å²) in [5, 5.41) is 0. The van der Waals surface area contributed by atoms with Gasteiger partial charge < -0.3 is 14.4 Å². The maximum absolute atomic E-state index is 5.42. The van der Waals surface area contributed by atoms with E-state index in [2.05, 4.69) is 43.1 Å². The quantitative estimate of drug-likeness (QED) is 0.781. The highest BCUT2D eigenvalue weighted by Gasteiger charge is 2.15. The first-order valence-corrected chi connectivity index (χ1v) is 6.21. The number of nitrogens with zero attached hydrogens (tertiary/aromatic N) is 1. The Balaban J connectivity index is 1.72. The lowest BCUT2D eigenvalue weighted by molar-refractivity contribution is -0.0508. The summed E-state index contributed by atoms with van der Waals surface area (Å²) < 4.78 is 10.8. The van der Waals surface area contributed by atoms with E-state index in [1.807, 2.05) is 0 Å². The summed E-state index contributed by atoms with van der Waals surface area (Å²) in [6.07, 6.45) is 0.956. The van der Waals surface area contributed by atoms with Crippen molar-refractivity contribution in [1.29, 1.82) is 0 Å². The number of aryl methyl sites for hydroxylation is 1. The smallest absolute Gasteiger partial charge is 0.159 e. The zero-order valence-corrected chi connectivity index (χ0v) is 10.7. The van der Waals surface area contributed by atoms with Crippen molar-refractivity contribution in [1.82, 2.24) is 4.90 Å². The monoisotopic (exact) mass is 235 g/mol. The molecular weight excluding hydrogens is 214 g/mol. The van der Waals surface area contributed by atoms with Gasteiger partial charge in [0.25, 0.3) is 0 Å². The molecule has 0 unspecified atom stereocenters. The Morgan fingerprint density at radius 1 is 1.18 bits per heavy atom. The lowest BCUT2D eigenvalue weighted by atomic mass is 10.1. The first-order chi connectivity index (χ1) is 8.24. The minimum absolute atomic E-state index is 0.00969. The van der Waals surface area contributed by atoms with Gasteiger partial charge in [-0.15, -0.1) is 0 Å². The molecule has 1 fully saturated rings. The molecule has 0 spiro atoms. The van der Waals surface area contributed by atoms with Gasteiger partial charge in [0.2, 0.25) is 0 Å². The Kier molecular flexibility index (Phi) is 4.54. The van der Waals surface area contributed by atoms with Crippen molar-refractivity contribution < 1.29 is 9.47 Å². The predicted molar refractivity (Wildman–Crippen MR) is 67.8 cm³/mol. The number of hydrogen-bond acceptors (Lipinski definition) is 3. The van der Waals surface area contributed by atoms with Crippen molar-refractivity contribution in [2.45, 2.75) is 26.2 Å². The van der Waals surface area contributed by atoms with E-state index in [-0.39, 0.29) is 6.29 Å². The molecule has 17 heavy (non-hydrogen) atoms. The van der Waals surface area contributed by atoms with Crippen molar-refractivity contribution >= 4 is 0 Å². The van der Waals surface area contributed by atoms with Crippen LogP contribution in [0.3, 0.4) is 0 Å². The second-order valence-corrected chi connectivity index (χ2v) is 4.68. The van der Waals surface area contributed by atoms with Gasteiger partial charge >= 0.3 is 0 Å². The molecule has 0 N–H and O–H groups in total. The fourth-order valence-corrected chi connectivity index (χ4v) is 1.98. The Labute approximate surface area is 103 Å². The minimum atomic E-state index is 0.00969. The van der Waals surface area contributed by atoms with E-state index >= 15 is 0 Å². The van der Waals surface area contributed by atoms with Crippen LogP contribution < -0.4 is 0 Å². The van der Waals surface area contributed by atoms with E-state index in [4.69, 9.17) is 9.47 Å². The third-order valence-corrected chi connectivity index (χ3v) is 3.01. The van der Waals surface area contributed by atoms with Gasteiger partial charge in [-0.05, 0) is 19.5 Å². The minimum Gasteiger partial charge on any atom is -0.350 e. The van der Waals surface area contributed by atoms with Crippen molar-refractivity contribution in [3.05, 3.63) is 35.4 Å². The van der Waals surface area contributed by atoms with Crippen LogP contribution in [0, 0.1) is 6.92 Å². The highest BCUT2D eigenvalue weighted by Crippen LogP contribution is 2.10. The van der Waals surface area contributed by atoms with Gasteiger partial charge in [0.05, 0.1) is 13.2 Å². The molecule has 1 aromatic rings. The van der Waals surface area contributed by atoms with Gasteiger partial charge in [0.1, 0.15) is 0 Å². The summed E-state index contributed by atoms with van der Waals surface area (Å²) >= 11 is 0. The molecule has 1 saturated heterocycles. The molecule has 0 aliphatic carbocycles. The van der Waals surface area contributed by atoms with E-state index in [0.717, 1.165) is 32.7 Å². The third-order valence-electron chi connectivity index (χ3n) is 3.01. The van der Waals surface area contributed by atoms with E-state index in [0.29, 0.717) is 0 Å². The molecule has 0 atom stereocenters. The van der Waals surface area contributed by atoms with Crippen LogP contribution in [0.1, 0.15) is 17.5 Å². The van der Waals surface area contributed by atoms with E-state index < -0.39 is 0 Å². The fourth-order valence-electron chi connectivity index (χ4n) is 1.98. The molecule has 0 saturated carbocycles. The standard InChI is InChI=1S/C14H21NO2/c1-12-3-5-13(6-4-12)11-15(2)8-7-14-16-9-10-17-14/h3-6,14H,7-11H2,1-2H3. The topological polar surface area (TPSA) is 21.7 Å². The van der Waals surface area contributed by atoms with Crippen molar-refractivity contribution in [3.63, 3.8) is 0 Å². The Hall–Kier alpha value is -0.900. The summed E-state index contributed by atoms with van der Waals surface area (Å²) in [7, 11) is 2.13. The SMILES string of the molecule is Cc1ccc(CN(C)CCC2OCCO2)cc1. The predicted octanol–water partition coefficient (Wildman–Crippen LogP) is 2.19. The van der Waals surface area contributed by atoms with Crippen molar-refractivity contribution in [3.8, 4) is 0 Å². The van der Waals surface area contributed by atoms with E-state index in [9.17, 15) is 0 Å². The number of benzene rings is 1. The summed E-state index contributed by atoms with van der Waals surface area (Å²) in [5.41, 5.74) is 2.66. The molecule has 3 nitrogen and oxygen atoms in total. The second kappa shape index (κ2) is 6.15. The van der Waals surface area contributed by atoms with Crippen LogP contribution in [-0.2, 0) is 16.0 Å². The molecular formula is C14H21NO2. The van der Waals surface area contributed by atoms with E-state index in [1.54, 1.807) is 0 Å². The molecule has 0 aromatic heterocycles. The van der Waals surface area contributed by atoms with Crippen LogP contribution >= 0.6 is 0 Å². The average Bonchev–Trinajstić information content (AvgIpc) is 2.83. The van der Waals surface area contributed by atoms with Gasteiger partial charge in [0.15, 0.2) is 6.29 Å². The van der Waals surface area contributed by atoms with Gasteiger partial charge in [-0.3, -0.25) is 0 Å². The van der Waals surface area contributed by atoms with Gasteiger partial charge in [-0.25, -0.2) is 0 Å². The maximum Gasteiger partial charge on any atom is 0.159 e. The Morgan fingerprint density at radius 3 is 2.47 bits per heavy atom. The van der Waals surface area contributed by atoms with Crippen molar-refractivity contribution in [2.75, 3.05) is 26.8 Å². The maximum atomic E-state index is 5.42. The third kappa shape index (κ3) is 4.11. The second-order valence-electron chi connectivity index (χ2n) is 4.68. The average molecular weight is 235 g/mol. The normalized spacial score (nSPS) is 16.9. The highest BCUT2D eigenvalue weighted by molar-refractivity contribution is 5.21. The highest BCUT2D eigenvalue weighted by atomic mass is 16.7. The van der Waals surface area contributed by atoms with Gasteiger partial charge in [-0.1, -0.05) is 29.8 Å². The van der Waals surface area contributed by atoms with Crippen LogP contribution in [0.5, 0.6) is 0 Å². The van der Waals surface area contributed by atoms with Crippen LogP contribution in [0.4, 0.5) is 0 Å². The first kappa shape index (κ1) is 12.6. The van der Waals surface area contributed by atoms with Crippen molar-refractivity contribution in [2.24, 2.45) is 0 Å². The Bertz CT molecular complexity index is 331. The summed E-state index contributed by atoms with van der Waals surface area (Å²) in [5.74, 6) is 0. The van der Waals surface area contributed by atoms with E-state index in [1.165, 1.54) is 11.1 Å². The zero-order valence-electron chi connectivity index (χ0n) is 10.7. The molecule has 1 aliphatic rings. The molecule has 94 valence electrons. The van der Waals surface area contributed by atoms with Crippen LogP contribution in [0.15, 0.2) is 24.3 Å². The van der Waals surface area contributed by atoms with Crippen LogP contribution in [-0.4, -0.2) is 38.0 Å². The molecule has 1 aromatic carbocycles. The lowest BCUT2D eigenvalue weighted by Crippen LogP contribution is -2.23. The summed E-state index contributed by atoms with van der Waals surface area (Å²) in [6, 6.07) is 8.70. The zero-order chi connectivity index (χ0) is 12.1. The molecule has 0 radical (unpaired) electrons. The van der Waals surface area contributed by atoms with Gasteiger partial charge in [-0.2, -0.15) is 0 Å². The lowest BCUT2D eigenvalue weighted by Gasteiger charge is -2.18. The number of rotatable bonds is 5. The molecule has 2 rings (SSSR count). The molecule has 1 heterocycles. The summed E-state index contributed by atoms with van der Waals surface area (Å²) in [6.45, 7) is 5.58. The first-order valence-electron chi connectivity index (χ1n) is 6.21. The molecule has 0 amide bonds. The van der Waals surface area contributed by atoms with Crippen LogP contribution in [0.25, 0.3) is 0 Å². The molecule has 0 bridgehead atoms. The van der Waals surface area contributed by atoms with Crippen LogP contribution in [0.2, 0.25) is 0 Å². The fraction of sp³-hybridized carbons (Fsp3) is 0.571. The van der Waals surface area contributed by atoms with Gasteiger partial charge in [0, 0.05) is 19.5 Å².